The van der Waals surface area contributed by atoms with Gasteiger partial charge in [-0.15, -0.1) is 5.10 Å². The summed E-state index contributed by atoms with van der Waals surface area (Å²) in [6.45, 7) is 1.39. The summed E-state index contributed by atoms with van der Waals surface area (Å²) in [5, 5.41) is 12.3. The Morgan fingerprint density at radius 1 is 1.15 bits per heavy atom. The molecule has 1 aromatic heterocycles. The van der Waals surface area contributed by atoms with Gasteiger partial charge in [-0.25, -0.2) is 4.68 Å². The van der Waals surface area contributed by atoms with Crippen LogP contribution in [0.4, 0.5) is 0 Å². The summed E-state index contributed by atoms with van der Waals surface area (Å²) < 4.78 is 7.44. The molecule has 4 rings (SSSR count). The van der Waals surface area contributed by atoms with E-state index in [1.54, 1.807) is 4.68 Å². The van der Waals surface area contributed by atoms with Crippen LogP contribution in [0.1, 0.15) is 34.0 Å². The predicted octanol–water partition coefficient (Wildman–Crippen LogP) is 3.57. The molecule has 6 nitrogen and oxygen atoms in total. The number of tetrazole rings is 1. The lowest BCUT2D eigenvalue weighted by atomic mass is 10.0. The number of hydrogen-bond donors (Lipinski definition) is 0. The molecule has 0 bridgehead atoms. The van der Waals surface area contributed by atoms with Gasteiger partial charge >= 0.3 is 0 Å². The van der Waals surface area contributed by atoms with Gasteiger partial charge in [0.15, 0.2) is 5.78 Å². The Bertz CT molecular complexity index is 879. The Morgan fingerprint density at radius 2 is 1.89 bits per heavy atom. The van der Waals surface area contributed by atoms with E-state index in [2.05, 4.69) is 15.5 Å². The molecule has 2 heterocycles. The molecule has 0 unspecified atom stereocenters. The fraction of sp³-hybridized carbons (Fsp3) is 0.300. The number of benzene rings is 2. The Morgan fingerprint density at radius 3 is 2.59 bits per heavy atom. The fourth-order valence-electron chi connectivity index (χ4n) is 3.14. The first-order valence-corrected chi connectivity index (χ1v) is 9.88. The average molecular weight is 380 g/mol. The number of nitrogens with zero attached hydrogens (tertiary/aromatic N) is 4. The van der Waals surface area contributed by atoms with E-state index in [1.165, 1.54) is 11.8 Å². The molecule has 3 aromatic rings. The fourth-order valence-corrected chi connectivity index (χ4v) is 4.20. The molecule has 1 saturated heterocycles. The van der Waals surface area contributed by atoms with Crippen molar-refractivity contribution in [1.82, 2.24) is 20.2 Å². The Hall–Kier alpha value is -2.51. The van der Waals surface area contributed by atoms with Crippen molar-refractivity contribution in [2.75, 3.05) is 6.61 Å². The van der Waals surface area contributed by atoms with E-state index in [0.717, 1.165) is 25.0 Å². The lowest BCUT2D eigenvalue weighted by Gasteiger charge is -2.16. The Kier molecular flexibility index (Phi) is 5.60. The molecule has 0 aliphatic carbocycles. The third-order valence-corrected chi connectivity index (χ3v) is 5.75. The van der Waals surface area contributed by atoms with E-state index in [4.69, 9.17) is 4.74 Å². The highest BCUT2D eigenvalue weighted by atomic mass is 32.2. The zero-order chi connectivity index (χ0) is 18.5. The van der Waals surface area contributed by atoms with E-state index in [1.807, 2.05) is 60.7 Å². The van der Waals surface area contributed by atoms with Crippen LogP contribution in [0.25, 0.3) is 0 Å². The second-order valence-corrected chi connectivity index (χ2v) is 7.49. The van der Waals surface area contributed by atoms with Gasteiger partial charge in [0.1, 0.15) is 5.25 Å². The largest absolute Gasteiger partial charge is 0.376 e. The number of aromatic nitrogens is 4. The maximum absolute atomic E-state index is 13.2. The van der Waals surface area contributed by atoms with Gasteiger partial charge in [-0.2, -0.15) is 0 Å². The van der Waals surface area contributed by atoms with Gasteiger partial charge < -0.3 is 4.74 Å². The summed E-state index contributed by atoms with van der Waals surface area (Å²) in [5.41, 5.74) is 1.61. The number of ether oxygens (including phenoxy) is 1. The van der Waals surface area contributed by atoms with Crippen molar-refractivity contribution in [2.24, 2.45) is 0 Å². The molecule has 138 valence electrons. The maximum atomic E-state index is 13.2. The summed E-state index contributed by atoms with van der Waals surface area (Å²) in [4.78, 5) is 13.2. The minimum absolute atomic E-state index is 0.0402. The first-order valence-electron chi connectivity index (χ1n) is 9.00. The molecule has 1 fully saturated rings. The second kappa shape index (κ2) is 8.45. The zero-order valence-electron chi connectivity index (χ0n) is 14.8. The van der Waals surface area contributed by atoms with Crippen LogP contribution in [0.2, 0.25) is 0 Å². The molecule has 2 atom stereocenters. The SMILES string of the molecule is O=C(c1ccccc1)[C@@H](Sc1nnnn1C[C@@H]1CCCO1)c1ccccc1. The number of ketones is 1. The van der Waals surface area contributed by atoms with Crippen molar-refractivity contribution in [3.8, 4) is 0 Å². The molecule has 27 heavy (non-hydrogen) atoms. The van der Waals surface area contributed by atoms with E-state index in [0.29, 0.717) is 17.3 Å². The maximum Gasteiger partial charge on any atom is 0.210 e. The van der Waals surface area contributed by atoms with E-state index >= 15 is 0 Å². The standard InChI is InChI=1S/C20H20N4O2S/c25-18(15-8-3-1-4-9-15)19(16-10-5-2-6-11-16)27-20-21-22-23-24(20)14-17-12-7-13-26-17/h1-6,8-11,17,19H,7,12-14H2/t17-,19-/m0/s1. The normalized spacial score (nSPS) is 17.7. The number of Topliss-reactive ketones (excluding diaryl/α,β-unsaturated/α-hetero) is 1. The van der Waals surface area contributed by atoms with Crippen molar-refractivity contribution < 1.29 is 9.53 Å². The molecule has 1 aliphatic rings. The number of rotatable bonds is 7. The second-order valence-electron chi connectivity index (χ2n) is 6.42. The van der Waals surface area contributed by atoms with Gasteiger partial charge in [-0.3, -0.25) is 4.79 Å². The quantitative estimate of drug-likeness (QED) is 0.461. The molecule has 2 aromatic carbocycles. The number of carbonyl (C=O) groups is 1. The Balaban J connectivity index is 1.60. The summed E-state index contributed by atoms with van der Waals surface area (Å²) >= 11 is 1.38. The molecule has 0 N–H and O–H groups in total. The van der Waals surface area contributed by atoms with Crippen molar-refractivity contribution in [1.29, 1.82) is 0 Å². The average Bonchev–Trinajstić information content (AvgIpc) is 3.39. The Labute approximate surface area is 161 Å². The molecular formula is C20H20N4O2S. The highest BCUT2D eigenvalue weighted by Gasteiger charge is 2.27. The van der Waals surface area contributed by atoms with Gasteiger partial charge in [-0.05, 0) is 28.8 Å². The van der Waals surface area contributed by atoms with Crippen LogP contribution < -0.4 is 0 Å². The van der Waals surface area contributed by atoms with E-state index in [-0.39, 0.29) is 11.9 Å². The summed E-state index contributed by atoms with van der Waals surface area (Å²) in [6, 6.07) is 19.1. The monoisotopic (exact) mass is 380 g/mol. The molecule has 0 spiro atoms. The zero-order valence-corrected chi connectivity index (χ0v) is 15.6. The lowest BCUT2D eigenvalue weighted by molar-refractivity contribution is 0.0911. The molecule has 0 amide bonds. The van der Waals surface area contributed by atoms with Crippen LogP contribution in [0.5, 0.6) is 0 Å². The predicted molar refractivity (Wildman–Crippen MR) is 103 cm³/mol. The first-order chi connectivity index (χ1) is 13.3. The number of hydrogen-bond acceptors (Lipinski definition) is 6. The highest BCUT2D eigenvalue weighted by molar-refractivity contribution is 8.00. The van der Waals surface area contributed by atoms with Crippen LogP contribution in [0, 0.1) is 0 Å². The highest BCUT2D eigenvalue weighted by Crippen LogP contribution is 2.36. The van der Waals surface area contributed by atoms with Gasteiger partial charge in [0, 0.05) is 12.2 Å². The molecule has 0 saturated carbocycles. The van der Waals surface area contributed by atoms with Crippen molar-refractivity contribution >= 4 is 17.5 Å². The van der Waals surface area contributed by atoms with E-state index < -0.39 is 5.25 Å². The van der Waals surface area contributed by atoms with Gasteiger partial charge in [0.2, 0.25) is 5.16 Å². The number of thioether (sulfide) groups is 1. The minimum Gasteiger partial charge on any atom is -0.376 e. The van der Waals surface area contributed by atoms with Gasteiger partial charge in [0.25, 0.3) is 0 Å². The number of carbonyl (C=O) groups excluding carboxylic acids is 1. The summed E-state index contributed by atoms with van der Waals surface area (Å²) in [5.74, 6) is 0.0402. The van der Waals surface area contributed by atoms with Crippen molar-refractivity contribution in [2.45, 2.75) is 35.9 Å². The third kappa shape index (κ3) is 4.26. The lowest BCUT2D eigenvalue weighted by Crippen LogP contribution is -2.18. The van der Waals surface area contributed by atoms with Crippen LogP contribution in [0.15, 0.2) is 65.8 Å². The van der Waals surface area contributed by atoms with Gasteiger partial charge in [0.05, 0.1) is 12.6 Å². The molecule has 1 aliphatic heterocycles. The van der Waals surface area contributed by atoms with Crippen LogP contribution >= 0.6 is 11.8 Å². The molecule has 7 heteroatoms. The van der Waals surface area contributed by atoms with Crippen LogP contribution in [-0.2, 0) is 11.3 Å². The molecular weight excluding hydrogens is 360 g/mol. The first kappa shape index (κ1) is 17.9. The van der Waals surface area contributed by atoms with Crippen LogP contribution in [-0.4, -0.2) is 38.7 Å². The third-order valence-electron chi connectivity index (χ3n) is 4.52. The molecule has 0 radical (unpaired) electrons. The van der Waals surface area contributed by atoms with Crippen LogP contribution in [0.3, 0.4) is 0 Å². The minimum atomic E-state index is -0.414. The summed E-state index contributed by atoms with van der Waals surface area (Å²) in [6.07, 6.45) is 2.21. The van der Waals surface area contributed by atoms with Crippen molar-refractivity contribution in [3.63, 3.8) is 0 Å². The topological polar surface area (TPSA) is 69.9 Å². The van der Waals surface area contributed by atoms with Gasteiger partial charge in [-0.1, -0.05) is 72.4 Å². The van der Waals surface area contributed by atoms with Crippen molar-refractivity contribution in [3.05, 3.63) is 71.8 Å². The summed E-state index contributed by atoms with van der Waals surface area (Å²) in [7, 11) is 0. The smallest absolute Gasteiger partial charge is 0.210 e. The van der Waals surface area contributed by atoms with E-state index in [9.17, 15) is 4.79 Å².